The SMILES string of the molecule is CCCCN(CC(=O)Nc1cc(C(C)(C)C)nn1-c1ccc(C)cc1C)C(=O)c1ccc(C)c([N+](=O)[O-])c1. The van der Waals surface area contributed by atoms with Gasteiger partial charge in [-0.25, -0.2) is 4.68 Å². The Morgan fingerprint density at radius 1 is 1.05 bits per heavy atom. The first-order valence-corrected chi connectivity index (χ1v) is 12.8. The van der Waals surface area contributed by atoms with E-state index in [1.807, 2.05) is 39.0 Å². The average Bonchev–Trinajstić information content (AvgIpc) is 3.25. The summed E-state index contributed by atoms with van der Waals surface area (Å²) >= 11 is 0. The lowest BCUT2D eigenvalue weighted by molar-refractivity contribution is -0.385. The lowest BCUT2D eigenvalue weighted by Crippen LogP contribution is -2.39. The zero-order valence-electron chi connectivity index (χ0n) is 23.3. The van der Waals surface area contributed by atoms with Gasteiger partial charge < -0.3 is 10.2 Å². The highest BCUT2D eigenvalue weighted by molar-refractivity contribution is 5.99. The van der Waals surface area contributed by atoms with Crippen molar-refractivity contribution >= 4 is 23.3 Å². The summed E-state index contributed by atoms with van der Waals surface area (Å²) in [6.45, 7) is 14.0. The van der Waals surface area contributed by atoms with Gasteiger partial charge in [0.2, 0.25) is 5.91 Å². The number of aromatic nitrogens is 2. The van der Waals surface area contributed by atoms with Crippen LogP contribution in [-0.4, -0.2) is 44.5 Å². The number of aryl methyl sites for hydroxylation is 3. The topological polar surface area (TPSA) is 110 Å². The molecule has 0 saturated carbocycles. The van der Waals surface area contributed by atoms with Crippen LogP contribution in [0.5, 0.6) is 0 Å². The van der Waals surface area contributed by atoms with E-state index in [2.05, 4.69) is 32.2 Å². The van der Waals surface area contributed by atoms with Crippen molar-refractivity contribution in [2.24, 2.45) is 0 Å². The van der Waals surface area contributed by atoms with E-state index in [0.29, 0.717) is 24.3 Å². The van der Waals surface area contributed by atoms with E-state index >= 15 is 0 Å². The number of nitrogens with zero attached hydrogens (tertiary/aromatic N) is 4. The van der Waals surface area contributed by atoms with Crippen LogP contribution in [0.25, 0.3) is 5.69 Å². The normalized spacial score (nSPS) is 11.3. The molecule has 0 aliphatic heterocycles. The maximum absolute atomic E-state index is 13.3. The second-order valence-electron chi connectivity index (χ2n) is 10.8. The van der Waals surface area contributed by atoms with Crippen molar-refractivity contribution in [2.45, 2.75) is 66.7 Å². The molecule has 0 atom stereocenters. The molecule has 3 aromatic rings. The number of hydrogen-bond acceptors (Lipinski definition) is 5. The number of nitrogens with one attached hydrogen (secondary N) is 1. The lowest BCUT2D eigenvalue weighted by Gasteiger charge is -2.22. The molecule has 0 spiro atoms. The smallest absolute Gasteiger partial charge is 0.273 e. The molecule has 2 amide bonds. The molecule has 0 aliphatic carbocycles. The summed E-state index contributed by atoms with van der Waals surface area (Å²) in [4.78, 5) is 38.9. The molecule has 1 aromatic heterocycles. The average molecular weight is 520 g/mol. The molecular formula is C29H37N5O4. The summed E-state index contributed by atoms with van der Waals surface area (Å²) in [7, 11) is 0. The minimum absolute atomic E-state index is 0.122. The van der Waals surface area contributed by atoms with Gasteiger partial charge in [-0.05, 0) is 44.9 Å². The largest absolute Gasteiger partial charge is 0.329 e. The van der Waals surface area contributed by atoms with Crippen LogP contribution in [0.2, 0.25) is 0 Å². The number of unbranched alkanes of at least 4 members (excludes halogenated alkanes) is 1. The van der Waals surface area contributed by atoms with Gasteiger partial charge in [-0.2, -0.15) is 5.10 Å². The summed E-state index contributed by atoms with van der Waals surface area (Å²) in [5.41, 5.74) is 4.10. The van der Waals surface area contributed by atoms with Crippen LogP contribution < -0.4 is 5.32 Å². The quantitative estimate of drug-likeness (QED) is 0.280. The van der Waals surface area contributed by atoms with Crippen LogP contribution in [0.15, 0.2) is 42.5 Å². The number of amides is 2. The van der Waals surface area contributed by atoms with Crippen molar-refractivity contribution in [1.82, 2.24) is 14.7 Å². The fraction of sp³-hybridized carbons (Fsp3) is 0.414. The van der Waals surface area contributed by atoms with E-state index in [0.717, 1.165) is 28.9 Å². The second-order valence-corrected chi connectivity index (χ2v) is 10.8. The van der Waals surface area contributed by atoms with Gasteiger partial charge in [-0.1, -0.05) is 57.9 Å². The van der Waals surface area contributed by atoms with Crippen LogP contribution in [0.3, 0.4) is 0 Å². The van der Waals surface area contributed by atoms with E-state index in [1.165, 1.54) is 11.0 Å². The first kappa shape index (κ1) is 28.6. The van der Waals surface area contributed by atoms with Crippen molar-refractivity contribution in [2.75, 3.05) is 18.4 Å². The molecule has 9 nitrogen and oxygen atoms in total. The number of hydrogen-bond donors (Lipinski definition) is 1. The van der Waals surface area contributed by atoms with Gasteiger partial charge >= 0.3 is 0 Å². The Morgan fingerprint density at radius 3 is 2.37 bits per heavy atom. The van der Waals surface area contributed by atoms with Gasteiger partial charge in [0, 0.05) is 35.2 Å². The molecule has 0 fully saturated rings. The number of anilines is 1. The van der Waals surface area contributed by atoms with Gasteiger partial charge in [0.25, 0.3) is 11.6 Å². The van der Waals surface area contributed by atoms with Crippen molar-refractivity contribution < 1.29 is 14.5 Å². The Balaban J connectivity index is 1.91. The summed E-state index contributed by atoms with van der Waals surface area (Å²) in [5.74, 6) is -0.279. The molecule has 0 bridgehead atoms. The molecule has 9 heteroatoms. The van der Waals surface area contributed by atoms with E-state index in [9.17, 15) is 19.7 Å². The maximum atomic E-state index is 13.3. The molecule has 1 heterocycles. The van der Waals surface area contributed by atoms with E-state index in [-0.39, 0.29) is 29.1 Å². The Bertz CT molecular complexity index is 1350. The standard InChI is InChI=1S/C29H37N5O4/c1-8-9-14-32(28(36)22-12-11-20(3)24(16-22)34(37)38)18-27(35)30-26-17-25(29(5,6)7)31-33(26)23-13-10-19(2)15-21(23)4/h10-13,15-17H,8-9,14,18H2,1-7H3,(H,30,35). The van der Waals surface area contributed by atoms with Crippen LogP contribution in [-0.2, 0) is 10.2 Å². The van der Waals surface area contributed by atoms with Crippen molar-refractivity contribution in [3.63, 3.8) is 0 Å². The van der Waals surface area contributed by atoms with Crippen LogP contribution in [0.1, 0.15) is 73.3 Å². The molecule has 0 radical (unpaired) electrons. The van der Waals surface area contributed by atoms with Gasteiger partial charge in [-0.3, -0.25) is 19.7 Å². The van der Waals surface area contributed by atoms with Gasteiger partial charge in [0.1, 0.15) is 12.4 Å². The molecule has 2 aromatic carbocycles. The number of benzene rings is 2. The minimum Gasteiger partial charge on any atom is -0.329 e. The zero-order chi connectivity index (χ0) is 28.2. The van der Waals surface area contributed by atoms with Gasteiger partial charge in [0.05, 0.1) is 16.3 Å². The molecule has 0 unspecified atom stereocenters. The van der Waals surface area contributed by atoms with Crippen LogP contribution in [0.4, 0.5) is 11.5 Å². The Hall–Kier alpha value is -4.01. The highest BCUT2D eigenvalue weighted by Gasteiger charge is 2.25. The Morgan fingerprint density at radius 2 is 1.76 bits per heavy atom. The first-order chi connectivity index (χ1) is 17.8. The monoisotopic (exact) mass is 519 g/mol. The summed E-state index contributed by atoms with van der Waals surface area (Å²) in [6, 6.07) is 12.3. The highest BCUT2D eigenvalue weighted by atomic mass is 16.6. The molecule has 0 saturated heterocycles. The predicted octanol–water partition coefficient (Wildman–Crippen LogP) is 5.88. The van der Waals surface area contributed by atoms with E-state index < -0.39 is 10.8 Å². The van der Waals surface area contributed by atoms with Crippen LogP contribution >= 0.6 is 0 Å². The second kappa shape index (κ2) is 11.6. The molecular weight excluding hydrogens is 482 g/mol. The summed E-state index contributed by atoms with van der Waals surface area (Å²) < 4.78 is 1.73. The molecule has 202 valence electrons. The van der Waals surface area contributed by atoms with Crippen molar-refractivity contribution in [3.8, 4) is 5.69 Å². The predicted molar refractivity (Wildman–Crippen MR) is 149 cm³/mol. The highest BCUT2D eigenvalue weighted by Crippen LogP contribution is 2.28. The van der Waals surface area contributed by atoms with Gasteiger partial charge in [0.15, 0.2) is 0 Å². The summed E-state index contributed by atoms with van der Waals surface area (Å²) in [6.07, 6.45) is 1.52. The third kappa shape index (κ3) is 6.65. The molecule has 38 heavy (non-hydrogen) atoms. The minimum atomic E-state index is -0.504. The fourth-order valence-electron chi connectivity index (χ4n) is 4.14. The molecule has 0 aliphatic rings. The van der Waals surface area contributed by atoms with E-state index in [4.69, 9.17) is 5.10 Å². The number of nitro benzene ring substituents is 1. The zero-order valence-corrected chi connectivity index (χ0v) is 23.3. The molecule has 3 rings (SSSR count). The number of nitro groups is 1. The van der Waals surface area contributed by atoms with Gasteiger partial charge in [-0.15, -0.1) is 0 Å². The van der Waals surface area contributed by atoms with Crippen molar-refractivity contribution in [1.29, 1.82) is 0 Å². The summed E-state index contributed by atoms with van der Waals surface area (Å²) in [5, 5.41) is 19.1. The number of rotatable bonds is 9. The number of carbonyl (C=O) groups excluding carboxylic acids is 2. The third-order valence-corrected chi connectivity index (χ3v) is 6.38. The van der Waals surface area contributed by atoms with Crippen LogP contribution in [0, 0.1) is 30.9 Å². The van der Waals surface area contributed by atoms with E-state index in [1.54, 1.807) is 23.7 Å². The Labute approximate surface area is 224 Å². The third-order valence-electron chi connectivity index (χ3n) is 6.38. The fourth-order valence-corrected chi connectivity index (χ4v) is 4.14. The first-order valence-electron chi connectivity index (χ1n) is 12.8. The maximum Gasteiger partial charge on any atom is 0.273 e. The number of carbonyl (C=O) groups is 2. The molecule has 1 N–H and O–H groups in total. The Kier molecular flexibility index (Phi) is 8.70. The van der Waals surface area contributed by atoms with Crippen molar-refractivity contribution in [3.05, 3.63) is 80.5 Å². The lowest BCUT2D eigenvalue weighted by atomic mass is 9.92.